The maximum Gasteiger partial charge on any atom is 0.253 e. The zero-order valence-electron chi connectivity index (χ0n) is 13.5. The van der Waals surface area contributed by atoms with Crippen LogP contribution in [0.3, 0.4) is 0 Å². The molecule has 122 valence electrons. The van der Waals surface area contributed by atoms with E-state index in [0.717, 1.165) is 19.3 Å². The zero-order chi connectivity index (χ0) is 16.7. The van der Waals surface area contributed by atoms with Crippen molar-refractivity contribution < 1.29 is 4.79 Å². The van der Waals surface area contributed by atoms with Gasteiger partial charge in [0.15, 0.2) is 0 Å². The van der Waals surface area contributed by atoms with Gasteiger partial charge in [-0.25, -0.2) is 0 Å². The van der Waals surface area contributed by atoms with Gasteiger partial charge >= 0.3 is 0 Å². The smallest absolute Gasteiger partial charge is 0.253 e. The zero-order valence-corrected chi connectivity index (χ0v) is 14.3. The minimum atomic E-state index is -0.0963. The summed E-state index contributed by atoms with van der Waals surface area (Å²) in [7, 11) is 0. The second kappa shape index (κ2) is 5.99. The van der Waals surface area contributed by atoms with Crippen LogP contribution in [0.2, 0.25) is 5.02 Å². The topological polar surface area (TPSA) is 44.9 Å². The maximum absolute atomic E-state index is 12.5. The van der Waals surface area contributed by atoms with Crippen LogP contribution in [0.4, 0.5) is 0 Å². The molecule has 24 heavy (non-hydrogen) atoms. The highest BCUT2D eigenvalue weighted by Crippen LogP contribution is 2.30. The van der Waals surface area contributed by atoms with Gasteiger partial charge in [0.05, 0.1) is 10.6 Å². The fourth-order valence-corrected chi connectivity index (χ4v) is 3.80. The van der Waals surface area contributed by atoms with Crippen LogP contribution in [0.5, 0.6) is 0 Å². The number of benzene rings is 2. The quantitative estimate of drug-likeness (QED) is 0.714. The van der Waals surface area contributed by atoms with Gasteiger partial charge in [-0.15, -0.1) is 0 Å². The highest BCUT2D eigenvalue weighted by atomic mass is 35.5. The number of hydrogen-bond donors (Lipinski definition) is 2. The van der Waals surface area contributed by atoms with E-state index in [-0.39, 0.29) is 11.9 Å². The standard InChI is InChI=1S/C20H19ClN2O/c1-12-6-9-18-16(10-12)14-8-7-13(11-19(14)23-18)22-20(24)15-4-2-3-5-17(15)21/h2-6,9-10,13,23H,7-8,11H2,1H3,(H,22,24). The third kappa shape index (κ3) is 2.69. The number of H-pyrrole nitrogens is 1. The van der Waals surface area contributed by atoms with Crippen molar-refractivity contribution in [2.45, 2.75) is 32.2 Å². The van der Waals surface area contributed by atoms with Crippen LogP contribution in [-0.4, -0.2) is 16.9 Å². The van der Waals surface area contributed by atoms with E-state index in [4.69, 9.17) is 11.6 Å². The van der Waals surface area contributed by atoms with Crippen LogP contribution in [-0.2, 0) is 12.8 Å². The number of amides is 1. The minimum absolute atomic E-state index is 0.0963. The Kier molecular flexibility index (Phi) is 3.81. The highest BCUT2D eigenvalue weighted by molar-refractivity contribution is 6.33. The molecule has 3 aromatic rings. The van der Waals surface area contributed by atoms with E-state index in [1.165, 1.54) is 27.7 Å². The number of aromatic nitrogens is 1. The van der Waals surface area contributed by atoms with Crippen molar-refractivity contribution in [2.75, 3.05) is 0 Å². The summed E-state index contributed by atoms with van der Waals surface area (Å²) in [6.45, 7) is 2.12. The van der Waals surface area contributed by atoms with E-state index < -0.39 is 0 Å². The first kappa shape index (κ1) is 15.3. The number of nitrogens with one attached hydrogen (secondary N) is 2. The molecule has 0 spiro atoms. The number of carbonyl (C=O) groups is 1. The van der Waals surface area contributed by atoms with Gasteiger partial charge in [-0.2, -0.15) is 0 Å². The van der Waals surface area contributed by atoms with Crippen molar-refractivity contribution in [3.63, 3.8) is 0 Å². The molecule has 1 unspecified atom stereocenters. The molecular weight excluding hydrogens is 320 g/mol. The molecule has 0 bridgehead atoms. The lowest BCUT2D eigenvalue weighted by Gasteiger charge is -2.23. The molecule has 0 fully saturated rings. The van der Waals surface area contributed by atoms with Crippen molar-refractivity contribution in [1.82, 2.24) is 10.3 Å². The van der Waals surface area contributed by atoms with Crippen molar-refractivity contribution in [3.8, 4) is 0 Å². The van der Waals surface area contributed by atoms with Crippen LogP contribution in [0, 0.1) is 6.92 Å². The molecule has 2 aromatic carbocycles. The number of aryl methyl sites for hydroxylation is 2. The molecule has 1 atom stereocenters. The first-order valence-corrected chi connectivity index (χ1v) is 8.65. The molecule has 2 N–H and O–H groups in total. The van der Waals surface area contributed by atoms with Gasteiger partial charge in [-0.1, -0.05) is 35.4 Å². The van der Waals surface area contributed by atoms with Crippen molar-refractivity contribution in [1.29, 1.82) is 0 Å². The van der Waals surface area contributed by atoms with E-state index >= 15 is 0 Å². The first-order valence-electron chi connectivity index (χ1n) is 8.27. The van der Waals surface area contributed by atoms with Gasteiger partial charge in [0.2, 0.25) is 0 Å². The van der Waals surface area contributed by atoms with Gasteiger partial charge in [-0.3, -0.25) is 4.79 Å². The predicted molar refractivity (Wildman–Crippen MR) is 97.8 cm³/mol. The predicted octanol–water partition coefficient (Wildman–Crippen LogP) is 4.42. The van der Waals surface area contributed by atoms with Crippen LogP contribution in [0.25, 0.3) is 10.9 Å². The molecule has 0 radical (unpaired) electrons. The fourth-order valence-electron chi connectivity index (χ4n) is 3.58. The Morgan fingerprint density at radius 3 is 2.92 bits per heavy atom. The number of hydrogen-bond acceptors (Lipinski definition) is 1. The summed E-state index contributed by atoms with van der Waals surface area (Å²) in [5, 5.41) is 4.94. The lowest BCUT2D eigenvalue weighted by atomic mass is 9.91. The summed E-state index contributed by atoms with van der Waals surface area (Å²) in [6.07, 6.45) is 2.76. The van der Waals surface area contributed by atoms with E-state index in [0.29, 0.717) is 10.6 Å². The Labute approximate surface area is 146 Å². The van der Waals surface area contributed by atoms with Gasteiger partial charge in [0.1, 0.15) is 0 Å². The third-order valence-corrected chi connectivity index (χ3v) is 5.13. The number of carbonyl (C=O) groups excluding carboxylic acids is 1. The molecule has 4 heteroatoms. The molecule has 0 saturated carbocycles. The molecule has 0 saturated heterocycles. The van der Waals surface area contributed by atoms with E-state index in [1.807, 2.05) is 12.1 Å². The molecule has 1 amide bonds. The van der Waals surface area contributed by atoms with Crippen molar-refractivity contribution in [3.05, 3.63) is 69.9 Å². The van der Waals surface area contributed by atoms with Crippen molar-refractivity contribution in [2.24, 2.45) is 0 Å². The molecule has 3 nitrogen and oxygen atoms in total. The molecule has 4 rings (SSSR count). The number of halogens is 1. The summed E-state index contributed by atoms with van der Waals surface area (Å²) in [6, 6.07) is 13.8. The minimum Gasteiger partial charge on any atom is -0.358 e. The van der Waals surface area contributed by atoms with E-state index in [2.05, 4.69) is 35.4 Å². The maximum atomic E-state index is 12.5. The molecule has 1 aliphatic carbocycles. The highest BCUT2D eigenvalue weighted by Gasteiger charge is 2.24. The Morgan fingerprint density at radius 2 is 2.08 bits per heavy atom. The Morgan fingerprint density at radius 1 is 1.25 bits per heavy atom. The van der Waals surface area contributed by atoms with E-state index in [1.54, 1.807) is 12.1 Å². The second-order valence-corrected chi connectivity index (χ2v) is 6.93. The van der Waals surface area contributed by atoms with Gasteiger partial charge in [0.25, 0.3) is 5.91 Å². The molecule has 1 aliphatic rings. The SMILES string of the molecule is Cc1ccc2[nH]c3c(c2c1)CCC(NC(=O)c1ccccc1Cl)C3. The first-order chi connectivity index (χ1) is 11.6. The molecular formula is C20H19ClN2O. The van der Waals surface area contributed by atoms with Crippen LogP contribution < -0.4 is 5.32 Å². The number of rotatable bonds is 2. The summed E-state index contributed by atoms with van der Waals surface area (Å²) >= 11 is 6.12. The van der Waals surface area contributed by atoms with Crippen LogP contribution in [0.1, 0.15) is 33.6 Å². The largest absolute Gasteiger partial charge is 0.358 e. The lowest BCUT2D eigenvalue weighted by molar-refractivity contribution is 0.0933. The summed E-state index contributed by atoms with van der Waals surface area (Å²) in [5.41, 5.74) is 5.64. The third-order valence-electron chi connectivity index (χ3n) is 4.80. The fraction of sp³-hybridized carbons (Fsp3) is 0.250. The average Bonchev–Trinajstić information content (AvgIpc) is 2.92. The number of fused-ring (bicyclic) bond motifs is 3. The molecule has 1 aromatic heterocycles. The monoisotopic (exact) mass is 338 g/mol. The summed E-state index contributed by atoms with van der Waals surface area (Å²) < 4.78 is 0. The average molecular weight is 339 g/mol. The lowest BCUT2D eigenvalue weighted by Crippen LogP contribution is -2.38. The Balaban J connectivity index is 1.55. The normalized spacial score (nSPS) is 16.8. The van der Waals surface area contributed by atoms with Gasteiger partial charge in [-0.05, 0) is 49.6 Å². The van der Waals surface area contributed by atoms with E-state index in [9.17, 15) is 4.79 Å². The van der Waals surface area contributed by atoms with Gasteiger partial charge in [0, 0.05) is 29.1 Å². The van der Waals surface area contributed by atoms with Gasteiger partial charge < -0.3 is 10.3 Å². The van der Waals surface area contributed by atoms with Crippen molar-refractivity contribution >= 4 is 28.4 Å². The number of aromatic amines is 1. The molecule has 1 heterocycles. The second-order valence-electron chi connectivity index (χ2n) is 6.52. The van der Waals surface area contributed by atoms with Crippen LogP contribution in [0.15, 0.2) is 42.5 Å². The molecule has 0 aliphatic heterocycles. The summed E-state index contributed by atoms with van der Waals surface area (Å²) in [4.78, 5) is 16.0. The van der Waals surface area contributed by atoms with Crippen LogP contribution >= 0.6 is 11.6 Å². The Bertz CT molecular complexity index is 929. The Hall–Kier alpha value is -2.26. The summed E-state index contributed by atoms with van der Waals surface area (Å²) in [5.74, 6) is -0.0963.